The molecule has 0 atom stereocenters. The van der Waals surface area contributed by atoms with E-state index in [1.54, 1.807) is 11.9 Å². The summed E-state index contributed by atoms with van der Waals surface area (Å²) in [5.74, 6) is 0. The Morgan fingerprint density at radius 1 is 1.27 bits per heavy atom. The normalized spacial score (nSPS) is 10.7. The van der Waals surface area contributed by atoms with Crippen LogP contribution in [0.25, 0.3) is 0 Å². The van der Waals surface area contributed by atoms with Crippen LogP contribution in [0, 0.1) is 0 Å². The van der Waals surface area contributed by atoms with E-state index in [1.807, 2.05) is 23.8 Å². The molecule has 0 aromatic heterocycles. The first-order valence-corrected chi connectivity index (χ1v) is 3.24. The SMILES string of the molecule is C1=CNSC=C1.O.OBO.[KH]. The minimum absolute atomic E-state index is 0. The average Bonchev–Trinajstić information content (AvgIpc) is 1.93. The van der Waals surface area contributed by atoms with Crippen molar-refractivity contribution in [3.05, 3.63) is 23.8 Å². The molecule has 7 heteroatoms. The van der Waals surface area contributed by atoms with Crippen molar-refractivity contribution in [2.75, 3.05) is 0 Å². The van der Waals surface area contributed by atoms with E-state index in [1.165, 1.54) is 0 Å². The summed E-state index contributed by atoms with van der Waals surface area (Å²) in [6.07, 6.45) is 5.84. The van der Waals surface area contributed by atoms with Crippen LogP contribution in [0.3, 0.4) is 0 Å². The molecule has 0 saturated heterocycles. The molecular formula is C4H11BKNO3S. The summed E-state index contributed by atoms with van der Waals surface area (Å²) in [6.45, 7) is 0. The predicted molar refractivity (Wildman–Crippen MR) is 51.4 cm³/mol. The van der Waals surface area contributed by atoms with Gasteiger partial charge in [-0.05, 0) is 23.4 Å². The summed E-state index contributed by atoms with van der Waals surface area (Å²) in [6, 6.07) is 0. The second-order valence-electron chi connectivity index (χ2n) is 1.06. The molecule has 0 amide bonds. The molecule has 0 aromatic rings. The topological polar surface area (TPSA) is 84.0 Å². The monoisotopic (exact) mass is 203 g/mol. The van der Waals surface area contributed by atoms with Gasteiger partial charge in [0.2, 0.25) is 0 Å². The third-order valence-corrected chi connectivity index (χ3v) is 1.06. The van der Waals surface area contributed by atoms with E-state index >= 15 is 0 Å². The van der Waals surface area contributed by atoms with Crippen molar-refractivity contribution in [1.82, 2.24) is 4.72 Å². The quantitative estimate of drug-likeness (QED) is 0.315. The zero-order chi connectivity index (χ0) is 6.95. The van der Waals surface area contributed by atoms with Gasteiger partial charge in [0, 0.05) is 6.20 Å². The van der Waals surface area contributed by atoms with E-state index < -0.39 is 7.69 Å². The summed E-state index contributed by atoms with van der Waals surface area (Å²) in [5.41, 5.74) is 0. The van der Waals surface area contributed by atoms with Gasteiger partial charge in [0.25, 0.3) is 0 Å². The van der Waals surface area contributed by atoms with Crippen LogP contribution in [0.1, 0.15) is 0 Å². The van der Waals surface area contributed by atoms with Gasteiger partial charge >= 0.3 is 59.1 Å². The third-order valence-electron chi connectivity index (χ3n) is 0.490. The zero-order valence-electron chi connectivity index (χ0n) is 5.32. The first-order valence-electron chi connectivity index (χ1n) is 2.36. The molecule has 1 aliphatic rings. The van der Waals surface area contributed by atoms with Crippen molar-refractivity contribution in [2.24, 2.45) is 0 Å². The van der Waals surface area contributed by atoms with E-state index in [2.05, 4.69) is 4.72 Å². The second kappa shape index (κ2) is 17.3. The molecule has 1 rings (SSSR count). The number of rotatable bonds is 0. The number of allylic oxidation sites excluding steroid dienone is 2. The van der Waals surface area contributed by atoms with Gasteiger partial charge in [-0.15, -0.1) is 0 Å². The van der Waals surface area contributed by atoms with Crippen LogP contribution in [0.5, 0.6) is 0 Å². The molecule has 0 fully saturated rings. The van der Waals surface area contributed by atoms with E-state index in [-0.39, 0.29) is 56.9 Å². The van der Waals surface area contributed by atoms with Crippen molar-refractivity contribution in [3.63, 3.8) is 0 Å². The second-order valence-corrected chi connectivity index (χ2v) is 1.81. The summed E-state index contributed by atoms with van der Waals surface area (Å²) >= 11 is 1.58. The first-order chi connectivity index (χ1) is 4.41. The molecule has 60 valence electrons. The van der Waals surface area contributed by atoms with Crippen LogP contribution >= 0.6 is 11.9 Å². The fourth-order valence-electron chi connectivity index (χ4n) is 0.258. The molecule has 1 aliphatic heterocycles. The Morgan fingerprint density at radius 2 is 1.82 bits per heavy atom. The van der Waals surface area contributed by atoms with E-state index in [0.717, 1.165) is 0 Å². The maximum atomic E-state index is 7.12. The summed E-state index contributed by atoms with van der Waals surface area (Å²) in [7, 11) is -0.750. The van der Waals surface area contributed by atoms with Crippen molar-refractivity contribution < 1.29 is 15.5 Å². The molecule has 0 spiro atoms. The van der Waals surface area contributed by atoms with Crippen molar-refractivity contribution in [2.45, 2.75) is 0 Å². The average molecular weight is 203 g/mol. The molecule has 5 N–H and O–H groups in total. The van der Waals surface area contributed by atoms with Gasteiger partial charge in [-0.2, -0.15) is 0 Å². The Bertz CT molecular complexity index is 102. The van der Waals surface area contributed by atoms with Crippen molar-refractivity contribution in [1.29, 1.82) is 0 Å². The number of nitrogens with one attached hydrogen (secondary N) is 1. The predicted octanol–water partition coefficient (Wildman–Crippen LogP) is -1.97. The van der Waals surface area contributed by atoms with Crippen LogP contribution in [-0.2, 0) is 0 Å². The van der Waals surface area contributed by atoms with Gasteiger partial charge in [0.1, 0.15) is 0 Å². The molecule has 11 heavy (non-hydrogen) atoms. The third kappa shape index (κ3) is 18.3. The van der Waals surface area contributed by atoms with Crippen LogP contribution in [-0.4, -0.2) is 74.6 Å². The summed E-state index contributed by atoms with van der Waals surface area (Å²) in [4.78, 5) is 0. The molecular weight excluding hydrogens is 192 g/mol. The molecule has 0 aromatic carbocycles. The fraction of sp³-hybridized carbons (Fsp3) is 0. The molecule has 1 heterocycles. The Labute approximate surface area is 113 Å². The summed E-state index contributed by atoms with van der Waals surface area (Å²) < 4.78 is 2.93. The Hall–Kier alpha value is 1.21. The standard InChI is InChI=1S/C4H5NS.BH3O2.K.H2O.H/c1-2-4-6-5-3-1;2-1-3;;;/h1-5H;1-3H;;1H2;. The molecule has 0 bridgehead atoms. The van der Waals surface area contributed by atoms with Gasteiger partial charge in [-0.25, -0.2) is 0 Å². The fourth-order valence-corrected chi connectivity index (χ4v) is 0.663. The Kier molecular flexibility index (Phi) is 28.5. The van der Waals surface area contributed by atoms with Gasteiger partial charge in [-0.1, -0.05) is 6.08 Å². The van der Waals surface area contributed by atoms with Crippen LogP contribution in [0.4, 0.5) is 0 Å². The Morgan fingerprint density at radius 3 is 1.91 bits per heavy atom. The van der Waals surface area contributed by atoms with E-state index in [4.69, 9.17) is 10.0 Å². The Balaban J connectivity index is -0.000000116. The van der Waals surface area contributed by atoms with E-state index in [9.17, 15) is 0 Å². The van der Waals surface area contributed by atoms with Crippen LogP contribution in [0.2, 0.25) is 0 Å². The zero-order valence-corrected chi connectivity index (χ0v) is 6.14. The molecule has 0 unspecified atom stereocenters. The first kappa shape index (κ1) is 18.1. The molecule has 4 nitrogen and oxygen atoms in total. The van der Waals surface area contributed by atoms with Gasteiger partial charge < -0.3 is 20.2 Å². The minimum atomic E-state index is -0.750. The maximum absolute atomic E-state index is 7.12. The van der Waals surface area contributed by atoms with Crippen LogP contribution < -0.4 is 4.72 Å². The van der Waals surface area contributed by atoms with Crippen molar-refractivity contribution >= 4 is 71.0 Å². The van der Waals surface area contributed by atoms with Gasteiger partial charge in [0.05, 0.1) is 0 Å². The molecule has 0 saturated carbocycles. The van der Waals surface area contributed by atoms with Crippen LogP contribution in [0.15, 0.2) is 23.8 Å². The number of hydrogen-bond acceptors (Lipinski definition) is 4. The molecule has 0 radical (unpaired) electrons. The van der Waals surface area contributed by atoms with E-state index in [0.29, 0.717) is 0 Å². The number of hydrogen-bond donors (Lipinski definition) is 3. The van der Waals surface area contributed by atoms with Gasteiger partial charge in [0.15, 0.2) is 0 Å². The van der Waals surface area contributed by atoms with Gasteiger partial charge in [-0.3, -0.25) is 0 Å². The molecule has 0 aliphatic carbocycles. The van der Waals surface area contributed by atoms with Crippen molar-refractivity contribution in [3.8, 4) is 0 Å². The summed E-state index contributed by atoms with van der Waals surface area (Å²) in [5, 5.41) is 16.2.